The highest BCUT2D eigenvalue weighted by molar-refractivity contribution is 5.92. The van der Waals surface area contributed by atoms with Gasteiger partial charge in [-0.3, -0.25) is 4.98 Å². The molecular weight excluding hydrogens is 248 g/mol. The third-order valence-electron chi connectivity index (χ3n) is 4.32. The number of nitrogens with two attached hydrogens (primary N) is 1. The number of para-hydroxylation sites is 1. The van der Waals surface area contributed by atoms with Crippen LogP contribution in [0.3, 0.4) is 0 Å². The molecule has 0 spiro atoms. The smallest absolute Gasteiger partial charge is 0.0758 e. The molecule has 1 aliphatic rings. The molecular formula is C17H22N2O. The molecule has 0 amide bonds. The van der Waals surface area contributed by atoms with E-state index in [4.69, 9.17) is 15.5 Å². The Morgan fingerprint density at radius 2 is 2.10 bits per heavy atom. The van der Waals surface area contributed by atoms with E-state index in [1.54, 1.807) is 7.11 Å². The number of fused-ring (bicyclic) bond motifs is 1. The monoisotopic (exact) mass is 270 g/mol. The third-order valence-corrected chi connectivity index (χ3v) is 4.32. The number of nitrogens with zero attached hydrogens (tertiary/aromatic N) is 1. The van der Waals surface area contributed by atoms with Crippen LogP contribution in [-0.2, 0) is 11.2 Å². The lowest BCUT2D eigenvalue weighted by molar-refractivity contribution is 0.202. The van der Waals surface area contributed by atoms with Crippen LogP contribution in [0.1, 0.15) is 42.9 Å². The Kier molecular flexibility index (Phi) is 3.88. The molecule has 0 aliphatic heterocycles. The van der Waals surface area contributed by atoms with Gasteiger partial charge in [0.05, 0.1) is 12.1 Å². The molecule has 3 rings (SSSR count). The minimum Gasteiger partial charge on any atom is -0.398 e. The van der Waals surface area contributed by atoms with Gasteiger partial charge in [-0.25, -0.2) is 0 Å². The quantitative estimate of drug-likeness (QED) is 0.922. The number of ether oxygens (including phenoxy) is 1. The van der Waals surface area contributed by atoms with E-state index in [1.807, 2.05) is 0 Å². The van der Waals surface area contributed by atoms with E-state index < -0.39 is 0 Å². The van der Waals surface area contributed by atoms with Crippen molar-refractivity contribution in [2.45, 2.75) is 38.0 Å². The van der Waals surface area contributed by atoms with E-state index in [0.29, 0.717) is 12.5 Å². The number of hydrogen-bond donors (Lipinski definition) is 1. The number of hydrogen-bond acceptors (Lipinski definition) is 3. The van der Waals surface area contributed by atoms with E-state index in [-0.39, 0.29) is 0 Å². The van der Waals surface area contributed by atoms with Gasteiger partial charge in [0.15, 0.2) is 0 Å². The molecule has 2 aromatic rings. The molecule has 1 aromatic carbocycles. The van der Waals surface area contributed by atoms with E-state index in [1.165, 1.54) is 36.9 Å². The highest BCUT2D eigenvalue weighted by Crippen LogP contribution is 2.35. The summed E-state index contributed by atoms with van der Waals surface area (Å²) in [6.07, 6.45) is 6.01. The van der Waals surface area contributed by atoms with E-state index in [9.17, 15) is 0 Å². The number of benzene rings is 1. The third kappa shape index (κ3) is 2.50. The number of rotatable bonds is 4. The van der Waals surface area contributed by atoms with Crippen LogP contribution in [0.25, 0.3) is 10.9 Å². The Bertz CT molecular complexity index is 603. The first-order chi connectivity index (χ1) is 9.79. The lowest BCUT2D eigenvalue weighted by Gasteiger charge is -2.13. The lowest BCUT2D eigenvalue weighted by atomic mass is 9.99. The Labute approximate surface area is 120 Å². The van der Waals surface area contributed by atoms with Crippen LogP contribution in [0.15, 0.2) is 24.3 Å². The Balaban J connectivity index is 2.06. The van der Waals surface area contributed by atoms with Crippen molar-refractivity contribution >= 4 is 16.6 Å². The van der Waals surface area contributed by atoms with Gasteiger partial charge in [0.2, 0.25) is 0 Å². The van der Waals surface area contributed by atoms with Gasteiger partial charge < -0.3 is 10.5 Å². The molecule has 0 radical (unpaired) electrons. The highest BCUT2D eigenvalue weighted by Gasteiger charge is 2.20. The topological polar surface area (TPSA) is 48.1 Å². The molecule has 1 fully saturated rings. The van der Waals surface area contributed by atoms with Crippen LogP contribution in [0.4, 0.5) is 5.69 Å². The lowest BCUT2D eigenvalue weighted by Crippen LogP contribution is -2.03. The molecule has 1 saturated carbocycles. The average molecular weight is 270 g/mol. The van der Waals surface area contributed by atoms with E-state index >= 15 is 0 Å². The second-order valence-corrected chi connectivity index (χ2v) is 5.67. The van der Waals surface area contributed by atoms with Gasteiger partial charge in [0.1, 0.15) is 0 Å². The Morgan fingerprint density at radius 1 is 1.30 bits per heavy atom. The molecule has 3 heteroatoms. The summed E-state index contributed by atoms with van der Waals surface area (Å²) in [5, 5.41) is 1.07. The molecule has 2 N–H and O–H groups in total. The summed E-state index contributed by atoms with van der Waals surface area (Å²) in [7, 11) is 1.73. The van der Waals surface area contributed by atoms with Crippen LogP contribution in [-0.4, -0.2) is 18.7 Å². The van der Waals surface area contributed by atoms with Crippen LogP contribution in [0.2, 0.25) is 0 Å². The van der Waals surface area contributed by atoms with Crippen molar-refractivity contribution in [2.75, 3.05) is 19.5 Å². The number of pyridine rings is 1. The van der Waals surface area contributed by atoms with Crippen molar-refractivity contribution in [3.63, 3.8) is 0 Å². The Morgan fingerprint density at radius 3 is 2.85 bits per heavy atom. The minimum atomic E-state index is 0.595. The standard InChI is InChI=1S/C17H22N2O/c1-20-10-9-13-7-4-8-14-15(18)11-16(19-17(13)14)12-5-2-3-6-12/h4,7-8,11-12H,2-3,5-6,9-10H2,1H3,(H2,18,19). The fourth-order valence-electron chi connectivity index (χ4n) is 3.20. The van der Waals surface area contributed by atoms with Gasteiger partial charge in [-0.15, -0.1) is 0 Å². The maximum absolute atomic E-state index is 6.25. The van der Waals surface area contributed by atoms with Crippen LogP contribution in [0.5, 0.6) is 0 Å². The molecule has 0 atom stereocenters. The first-order valence-corrected chi connectivity index (χ1v) is 7.46. The summed E-state index contributed by atoms with van der Waals surface area (Å²) in [5.41, 5.74) is 10.6. The van der Waals surface area contributed by atoms with Crippen molar-refractivity contribution in [1.82, 2.24) is 4.98 Å². The fraction of sp³-hybridized carbons (Fsp3) is 0.471. The van der Waals surface area contributed by atoms with Crippen molar-refractivity contribution in [3.05, 3.63) is 35.5 Å². The number of anilines is 1. The van der Waals surface area contributed by atoms with Gasteiger partial charge in [-0.05, 0) is 30.9 Å². The van der Waals surface area contributed by atoms with Crippen LogP contribution >= 0.6 is 0 Å². The first-order valence-electron chi connectivity index (χ1n) is 7.46. The largest absolute Gasteiger partial charge is 0.398 e. The normalized spacial score (nSPS) is 16.1. The molecule has 1 aromatic heterocycles. The highest BCUT2D eigenvalue weighted by atomic mass is 16.5. The molecule has 0 unspecified atom stereocenters. The summed E-state index contributed by atoms with van der Waals surface area (Å²) in [6, 6.07) is 8.33. The summed E-state index contributed by atoms with van der Waals surface area (Å²) in [5.74, 6) is 0.595. The predicted octanol–water partition coefficient (Wildman–Crippen LogP) is 3.66. The molecule has 0 saturated heterocycles. The minimum absolute atomic E-state index is 0.595. The maximum Gasteiger partial charge on any atom is 0.0758 e. The SMILES string of the molecule is COCCc1cccc2c(N)cc(C3CCCC3)nc12. The number of nitrogen functional groups attached to an aromatic ring is 1. The van der Waals surface area contributed by atoms with Gasteiger partial charge in [0.25, 0.3) is 0 Å². The molecule has 1 heterocycles. The van der Waals surface area contributed by atoms with Crippen molar-refractivity contribution < 1.29 is 4.74 Å². The summed E-state index contributed by atoms with van der Waals surface area (Å²) in [4.78, 5) is 4.94. The number of methoxy groups -OCH3 is 1. The molecule has 106 valence electrons. The molecule has 1 aliphatic carbocycles. The second kappa shape index (κ2) is 5.80. The Hall–Kier alpha value is -1.61. The maximum atomic E-state index is 6.25. The average Bonchev–Trinajstić information content (AvgIpc) is 2.99. The fourth-order valence-corrected chi connectivity index (χ4v) is 3.20. The molecule has 20 heavy (non-hydrogen) atoms. The molecule has 0 bridgehead atoms. The van der Waals surface area contributed by atoms with Crippen LogP contribution in [0, 0.1) is 0 Å². The zero-order chi connectivity index (χ0) is 13.9. The zero-order valence-electron chi connectivity index (χ0n) is 12.1. The zero-order valence-corrected chi connectivity index (χ0v) is 12.1. The first kappa shape index (κ1) is 13.4. The van der Waals surface area contributed by atoms with Crippen molar-refractivity contribution in [3.8, 4) is 0 Å². The second-order valence-electron chi connectivity index (χ2n) is 5.67. The summed E-state index contributed by atoms with van der Waals surface area (Å²) < 4.78 is 5.20. The van der Waals surface area contributed by atoms with Gasteiger partial charge in [-0.2, -0.15) is 0 Å². The van der Waals surface area contributed by atoms with Gasteiger partial charge >= 0.3 is 0 Å². The summed E-state index contributed by atoms with van der Waals surface area (Å²) in [6.45, 7) is 0.717. The van der Waals surface area contributed by atoms with E-state index in [2.05, 4.69) is 24.3 Å². The predicted molar refractivity (Wildman–Crippen MR) is 82.9 cm³/mol. The van der Waals surface area contributed by atoms with Crippen molar-refractivity contribution in [1.29, 1.82) is 0 Å². The van der Waals surface area contributed by atoms with Gasteiger partial charge in [0, 0.05) is 29.8 Å². The van der Waals surface area contributed by atoms with Crippen LogP contribution < -0.4 is 5.73 Å². The number of aromatic nitrogens is 1. The summed E-state index contributed by atoms with van der Waals surface area (Å²) >= 11 is 0. The molecule has 3 nitrogen and oxygen atoms in total. The van der Waals surface area contributed by atoms with Gasteiger partial charge in [-0.1, -0.05) is 31.0 Å². The van der Waals surface area contributed by atoms with Crippen molar-refractivity contribution in [2.24, 2.45) is 0 Å². The van der Waals surface area contributed by atoms with E-state index in [0.717, 1.165) is 23.0 Å².